The average molecular weight is 319 g/mol. The number of thiophene rings is 1. The first kappa shape index (κ1) is 16.5. The van der Waals surface area contributed by atoms with Crippen molar-refractivity contribution in [2.24, 2.45) is 12.0 Å². The predicted molar refractivity (Wildman–Crippen MR) is 93.4 cm³/mol. The lowest BCUT2D eigenvalue weighted by atomic mass is 10.2. The van der Waals surface area contributed by atoms with Crippen LogP contribution in [0, 0.1) is 6.92 Å². The quantitative estimate of drug-likeness (QED) is 0.635. The molecule has 0 aliphatic heterocycles. The highest BCUT2D eigenvalue weighted by atomic mass is 32.1. The molecule has 5 nitrogen and oxygen atoms in total. The summed E-state index contributed by atoms with van der Waals surface area (Å²) in [7, 11) is 1.94. The summed E-state index contributed by atoms with van der Waals surface area (Å²) in [5, 5.41) is 10.9. The third kappa shape index (κ3) is 4.87. The monoisotopic (exact) mass is 319 g/mol. The highest BCUT2D eigenvalue weighted by molar-refractivity contribution is 7.11. The minimum Gasteiger partial charge on any atom is -0.357 e. The number of hydrogen-bond acceptors (Lipinski definition) is 3. The molecule has 2 N–H and O–H groups in total. The Bertz CT molecular complexity index is 614. The largest absolute Gasteiger partial charge is 0.357 e. The van der Waals surface area contributed by atoms with Gasteiger partial charge in [0.1, 0.15) is 0 Å². The fourth-order valence-corrected chi connectivity index (χ4v) is 3.24. The minimum atomic E-state index is 0.336. The van der Waals surface area contributed by atoms with Crippen LogP contribution in [0.3, 0.4) is 0 Å². The Kier molecular flexibility index (Phi) is 6.00. The minimum absolute atomic E-state index is 0.336. The number of aliphatic imine (C=N–C) groups is 1. The second-order valence-corrected chi connectivity index (χ2v) is 6.78. The molecule has 0 aromatic carbocycles. The van der Waals surface area contributed by atoms with Gasteiger partial charge < -0.3 is 10.6 Å². The van der Waals surface area contributed by atoms with Crippen LogP contribution >= 0.6 is 11.3 Å². The van der Waals surface area contributed by atoms with Gasteiger partial charge in [0.25, 0.3) is 0 Å². The summed E-state index contributed by atoms with van der Waals surface area (Å²) in [6, 6.07) is 6.71. The van der Waals surface area contributed by atoms with Gasteiger partial charge in [-0.3, -0.25) is 4.68 Å². The summed E-state index contributed by atoms with van der Waals surface area (Å²) in [5.41, 5.74) is 1.10. The van der Waals surface area contributed by atoms with Crippen LogP contribution in [0.4, 0.5) is 0 Å². The van der Waals surface area contributed by atoms with E-state index in [4.69, 9.17) is 0 Å². The van der Waals surface area contributed by atoms with Crippen LogP contribution in [0.25, 0.3) is 0 Å². The van der Waals surface area contributed by atoms with E-state index in [-0.39, 0.29) is 0 Å². The molecule has 0 fully saturated rings. The molecule has 22 heavy (non-hydrogen) atoms. The molecule has 0 radical (unpaired) electrons. The number of nitrogens with zero attached hydrogens (tertiary/aromatic N) is 3. The van der Waals surface area contributed by atoms with Crippen LogP contribution in [-0.4, -0.2) is 28.3 Å². The van der Waals surface area contributed by atoms with E-state index in [1.54, 1.807) is 6.20 Å². The highest BCUT2D eigenvalue weighted by Crippen LogP contribution is 2.16. The third-order valence-corrected chi connectivity index (χ3v) is 4.38. The fraction of sp³-hybridized carbons (Fsp3) is 0.500. The molecule has 0 amide bonds. The molecular weight excluding hydrogens is 294 g/mol. The molecule has 0 aliphatic carbocycles. The van der Waals surface area contributed by atoms with Crippen molar-refractivity contribution in [2.45, 2.75) is 39.8 Å². The SMILES string of the molecule is CCNC(=NCc1ccnn1C)NC(C)Cc1ccc(C)s1. The Morgan fingerprint density at radius 1 is 1.41 bits per heavy atom. The van der Waals surface area contributed by atoms with E-state index in [1.807, 2.05) is 29.1 Å². The topological polar surface area (TPSA) is 54.2 Å². The van der Waals surface area contributed by atoms with Crippen LogP contribution in [0.5, 0.6) is 0 Å². The molecule has 1 unspecified atom stereocenters. The lowest BCUT2D eigenvalue weighted by Crippen LogP contribution is -2.43. The lowest BCUT2D eigenvalue weighted by molar-refractivity contribution is 0.642. The van der Waals surface area contributed by atoms with Gasteiger partial charge in [-0.2, -0.15) is 5.10 Å². The number of aromatic nitrogens is 2. The Balaban J connectivity index is 1.93. The Hall–Kier alpha value is -1.82. The molecule has 0 spiro atoms. The molecule has 2 heterocycles. The van der Waals surface area contributed by atoms with Crippen LogP contribution < -0.4 is 10.6 Å². The molecule has 0 saturated heterocycles. The van der Waals surface area contributed by atoms with Gasteiger partial charge in [0.05, 0.1) is 12.2 Å². The van der Waals surface area contributed by atoms with E-state index in [2.05, 4.69) is 53.6 Å². The van der Waals surface area contributed by atoms with Crippen LogP contribution in [0.15, 0.2) is 29.4 Å². The van der Waals surface area contributed by atoms with Gasteiger partial charge in [-0.25, -0.2) is 4.99 Å². The molecule has 0 bridgehead atoms. The molecule has 6 heteroatoms. The standard InChI is InChI=1S/C16H25N5S/c1-5-17-16(18-11-14-8-9-19-21(14)4)20-12(2)10-15-7-6-13(3)22-15/h6-9,12H,5,10-11H2,1-4H3,(H2,17,18,20). The maximum absolute atomic E-state index is 4.64. The predicted octanol–water partition coefficient (Wildman–Crippen LogP) is 2.48. The number of guanidine groups is 1. The molecule has 2 aromatic heterocycles. The zero-order chi connectivity index (χ0) is 15.9. The molecule has 2 rings (SSSR count). The molecule has 0 aliphatic rings. The molecule has 2 aromatic rings. The zero-order valence-electron chi connectivity index (χ0n) is 13.8. The third-order valence-electron chi connectivity index (χ3n) is 3.35. The summed E-state index contributed by atoms with van der Waals surface area (Å²) in [6.07, 6.45) is 2.81. The van der Waals surface area contributed by atoms with Crippen molar-refractivity contribution < 1.29 is 0 Å². The summed E-state index contributed by atoms with van der Waals surface area (Å²) in [4.78, 5) is 7.40. The van der Waals surface area contributed by atoms with Gasteiger partial charge in [0.15, 0.2) is 5.96 Å². The van der Waals surface area contributed by atoms with Crippen molar-refractivity contribution in [2.75, 3.05) is 6.54 Å². The van der Waals surface area contributed by atoms with Gasteiger partial charge in [-0.05, 0) is 39.0 Å². The van der Waals surface area contributed by atoms with Crippen LogP contribution in [0.2, 0.25) is 0 Å². The van der Waals surface area contributed by atoms with Crippen molar-refractivity contribution >= 4 is 17.3 Å². The van der Waals surface area contributed by atoms with Crippen LogP contribution in [-0.2, 0) is 20.0 Å². The Morgan fingerprint density at radius 2 is 2.23 bits per heavy atom. The van der Waals surface area contributed by atoms with Crippen molar-refractivity contribution in [1.82, 2.24) is 20.4 Å². The van der Waals surface area contributed by atoms with E-state index in [1.165, 1.54) is 9.75 Å². The Labute approximate surface area is 136 Å². The molecule has 1 atom stereocenters. The molecule has 0 saturated carbocycles. The maximum atomic E-state index is 4.64. The van der Waals surface area contributed by atoms with Gasteiger partial charge in [-0.15, -0.1) is 11.3 Å². The number of nitrogens with one attached hydrogen (secondary N) is 2. The van der Waals surface area contributed by atoms with Crippen LogP contribution in [0.1, 0.15) is 29.3 Å². The first-order chi connectivity index (χ1) is 10.6. The first-order valence-electron chi connectivity index (χ1n) is 7.65. The lowest BCUT2D eigenvalue weighted by Gasteiger charge is -2.17. The van der Waals surface area contributed by atoms with Gasteiger partial charge in [-0.1, -0.05) is 0 Å². The van der Waals surface area contributed by atoms with E-state index >= 15 is 0 Å². The van der Waals surface area contributed by atoms with Crippen molar-refractivity contribution in [1.29, 1.82) is 0 Å². The second-order valence-electron chi connectivity index (χ2n) is 5.40. The van der Waals surface area contributed by atoms with Crippen molar-refractivity contribution in [3.63, 3.8) is 0 Å². The number of rotatable bonds is 6. The molecular formula is C16H25N5S. The van der Waals surface area contributed by atoms with Gasteiger partial charge in [0.2, 0.25) is 0 Å². The summed E-state index contributed by atoms with van der Waals surface area (Å²) < 4.78 is 1.85. The average Bonchev–Trinajstić information content (AvgIpc) is 3.05. The fourth-order valence-electron chi connectivity index (χ4n) is 2.22. The second kappa shape index (κ2) is 7.98. The Morgan fingerprint density at radius 3 is 2.82 bits per heavy atom. The number of hydrogen-bond donors (Lipinski definition) is 2. The van der Waals surface area contributed by atoms with E-state index in [0.29, 0.717) is 12.6 Å². The number of aryl methyl sites for hydroxylation is 2. The van der Waals surface area contributed by atoms with Crippen molar-refractivity contribution in [3.8, 4) is 0 Å². The highest BCUT2D eigenvalue weighted by Gasteiger charge is 2.08. The van der Waals surface area contributed by atoms with Gasteiger partial charge >= 0.3 is 0 Å². The summed E-state index contributed by atoms with van der Waals surface area (Å²) >= 11 is 1.86. The normalized spacial score (nSPS) is 13.2. The van der Waals surface area contributed by atoms with E-state index in [9.17, 15) is 0 Å². The molecule has 120 valence electrons. The van der Waals surface area contributed by atoms with Gasteiger partial charge in [0, 0.05) is 42.0 Å². The zero-order valence-corrected chi connectivity index (χ0v) is 14.6. The summed E-state index contributed by atoms with van der Waals surface area (Å²) in [6.45, 7) is 7.88. The first-order valence-corrected chi connectivity index (χ1v) is 8.47. The van der Waals surface area contributed by atoms with E-state index < -0.39 is 0 Å². The summed E-state index contributed by atoms with van der Waals surface area (Å²) in [5.74, 6) is 0.851. The van der Waals surface area contributed by atoms with E-state index in [0.717, 1.165) is 24.6 Å². The smallest absolute Gasteiger partial charge is 0.191 e. The maximum Gasteiger partial charge on any atom is 0.191 e. The van der Waals surface area contributed by atoms with Crippen molar-refractivity contribution in [3.05, 3.63) is 39.8 Å².